The monoisotopic (exact) mass is 277 g/mol. The zero-order valence-electron chi connectivity index (χ0n) is 12.5. The third-order valence-corrected chi connectivity index (χ3v) is 3.82. The van der Waals surface area contributed by atoms with Crippen molar-refractivity contribution in [1.29, 1.82) is 0 Å². The fraction of sp³-hybridized carbons (Fsp3) is 0.647. The number of benzene rings is 1. The Kier molecular flexibility index (Phi) is 6.34. The summed E-state index contributed by atoms with van der Waals surface area (Å²) >= 11 is 0. The van der Waals surface area contributed by atoms with Crippen molar-refractivity contribution < 1.29 is 9.84 Å². The maximum atomic E-state index is 9.84. The van der Waals surface area contributed by atoms with Gasteiger partial charge in [0, 0.05) is 6.54 Å². The first-order valence-electron chi connectivity index (χ1n) is 7.88. The molecule has 1 aliphatic carbocycles. The van der Waals surface area contributed by atoms with Gasteiger partial charge < -0.3 is 15.2 Å². The topological polar surface area (TPSA) is 41.5 Å². The van der Waals surface area contributed by atoms with Crippen molar-refractivity contribution in [2.45, 2.75) is 45.1 Å². The van der Waals surface area contributed by atoms with Gasteiger partial charge in [0.1, 0.15) is 18.5 Å². The van der Waals surface area contributed by atoms with E-state index in [-0.39, 0.29) is 0 Å². The summed E-state index contributed by atoms with van der Waals surface area (Å²) in [5, 5.41) is 13.1. The van der Waals surface area contributed by atoms with Crippen LogP contribution in [-0.4, -0.2) is 30.9 Å². The molecule has 0 radical (unpaired) electrons. The fourth-order valence-electron chi connectivity index (χ4n) is 2.26. The van der Waals surface area contributed by atoms with Crippen LogP contribution in [0.3, 0.4) is 0 Å². The molecule has 3 nitrogen and oxygen atoms in total. The first-order chi connectivity index (χ1) is 9.78. The molecule has 112 valence electrons. The van der Waals surface area contributed by atoms with Gasteiger partial charge >= 0.3 is 0 Å². The minimum Gasteiger partial charge on any atom is -0.491 e. The quantitative estimate of drug-likeness (QED) is 0.646. The largest absolute Gasteiger partial charge is 0.491 e. The molecule has 1 aromatic rings. The number of hydrogen-bond acceptors (Lipinski definition) is 3. The molecule has 0 bridgehead atoms. The lowest BCUT2D eigenvalue weighted by Gasteiger charge is -2.13. The van der Waals surface area contributed by atoms with E-state index in [9.17, 15) is 5.11 Å². The van der Waals surface area contributed by atoms with E-state index in [4.69, 9.17) is 4.74 Å². The molecule has 0 saturated heterocycles. The molecule has 1 atom stereocenters. The van der Waals surface area contributed by atoms with E-state index >= 15 is 0 Å². The van der Waals surface area contributed by atoms with E-state index in [0.717, 1.165) is 24.6 Å². The molecule has 0 heterocycles. The van der Waals surface area contributed by atoms with Crippen molar-refractivity contribution in [1.82, 2.24) is 5.32 Å². The molecule has 1 unspecified atom stereocenters. The lowest BCUT2D eigenvalue weighted by atomic mass is 10.2. The Hall–Kier alpha value is -1.06. The van der Waals surface area contributed by atoms with Crippen LogP contribution >= 0.6 is 0 Å². The third-order valence-electron chi connectivity index (χ3n) is 3.82. The van der Waals surface area contributed by atoms with E-state index in [1.807, 2.05) is 12.1 Å². The molecule has 1 saturated carbocycles. The second-order valence-electron chi connectivity index (χ2n) is 5.75. The van der Waals surface area contributed by atoms with Crippen LogP contribution in [0, 0.1) is 5.92 Å². The van der Waals surface area contributed by atoms with Gasteiger partial charge in [-0.05, 0) is 49.4 Å². The number of nitrogens with one attached hydrogen (secondary N) is 1. The average molecular weight is 277 g/mol. The number of hydrogen-bond donors (Lipinski definition) is 2. The van der Waals surface area contributed by atoms with Gasteiger partial charge in [0.25, 0.3) is 0 Å². The predicted molar refractivity (Wildman–Crippen MR) is 82.1 cm³/mol. The van der Waals surface area contributed by atoms with Crippen LogP contribution in [0.4, 0.5) is 0 Å². The van der Waals surface area contributed by atoms with Gasteiger partial charge in [0.05, 0.1) is 0 Å². The molecule has 0 amide bonds. The van der Waals surface area contributed by atoms with Gasteiger partial charge in [-0.2, -0.15) is 0 Å². The Morgan fingerprint density at radius 1 is 1.30 bits per heavy atom. The minimum atomic E-state index is -0.443. The molecule has 1 fully saturated rings. The molecule has 0 aromatic heterocycles. The minimum absolute atomic E-state index is 0.348. The highest BCUT2D eigenvalue weighted by Crippen LogP contribution is 2.33. The molecule has 0 spiro atoms. The van der Waals surface area contributed by atoms with E-state index in [1.165, 1.54) is 31.2 Å². The molecule has 1 aliphatic rings. The normalized spacial score (nSPS) is 16.1. The highest BCUT2D eigenvalue weighted by atomic mass is 16.5. The van der Waals surface area contributed by atoms with E-state index in [0.29, 0.717) is 13.2 Å². The van der Waals surface area contributed by atoms with E-state index < -0.39 is 6.10 Å². The Balaban J connectivity index is 1.52. The first-order valence-corrected chi connectivity index (χ1v) is 7.88. The van der Waals surface area contributed by atoms with Gasteiger partial charge in [-0.1, -0.05) is 31.9 Å². The summed E-state index contributed by atoms with van der Waals surface area (Å²) in [6, 6.07) is 8.07. The molecule has 1 aromatic carbocycles. The molecule has 20 heavy (non-hydrogen) atoms. The Morgan fingerprint density at radius 2 is 2.05 bits per heavy atom. The summed E-state index contributed by atoms with van der Waals surface area (Å²) in [7, 11) is 0. The third kappa shape index (κ3) is 5.93. The fourth-order valence-corrected chi connectivity index (χ4v) is 2.26. The van der Waals surface area contributed by atoms with Crippen LogP contribution < -0.4 is 10.1 Å². The highest BCUT2D eigenvalue weighted by molar-refractivity contribution is 5.27. The van der Waals surface area contributed by atoms with Crippen molar-refractivity contribution in [3.63, 3.8) is 0 Å². The first kappa shape index (κ1) is 15.3. The SMILES string of the molecule is CCc1ccc(OCC(O)CNCCCC2CC2)cc1. The maximum absolute atomic E-state index is 9.84. The van der Waals surface area contributed by atoms with Gasteiger partial charge in [-0.3, -0.25) is 0 Å². The van der Waals surface area contributed by atoms with Crippen molar-refractivity contribution in [3.05, 3.63) is 29.8 Å². The van der Waals surface area contributed by atoms with Crippen LogP contribution in [0.1, 0.15) is 38.2 Å². The van der Waals surface area contributed by atoms with Gasteiger partial charge in [0.2, 0.25) is 0 Å². The summed E-state index contributed by atoms with van der Waals surface area (Å²) in [6.07, 6.45) is 6.00. The van der Waals surface area contributed by atoms with E-state index in [2.05, 4.69) is 24.4 Å². The highest BCUT2D eigenvalue weighted by Gasteiger charge is 2.19. The van der Waals surface area contributed by atoms with Crippen molar-refractivity contribution in [2.24, 2.45) is 5.92 Å². The van der Waals surface area contributed by atoms with Gasteiger partial charge in [-0.25, -0.2) is 0 Å². The number of ether oxygens (including phenoxy) is 1. The molecule has 3 heteroatoms. The predicted octanol–water partition coefficient (Wildman–Crippen LogP) is 2.77. The summed E-state index contributed by atoms with van der Waals surface area (Å²) in [6.45, 7) is 4.09. The summed E-state index contributed by atoms with van der Waals surface area (Å²) in [5.41, 5.74) is 1.30. The van der Waals surface area contributed by atoms with E-state index in [1.54, 1.807) is 0 Å². The van der Waals surface area contributed by atoms with Crippen LogP contribution in [0.15, 0.2) is 24.3 Å². The Bertz CT molecular complexity index is 373. The van der Waals surface area contributed by atoms with Crippen molar-refractivity contribution in [3.8, 4) is 5.75 Å². The van der Waals surface area contributed by atoms with Crippen molar-refractivity contribution >= 4 is 0 Å². The van der Waals surface area contributed by atoms with Crippen LogP contribution in [0.5, 0.6) is 5.75 Å². The number of aliphatic hydroxyl groups is 1. The zero-order valence-corrected chi connectivity index (χ0v) is 12.5. The maximum Gasteiger partial charge on any atom is 0.119 e. The lowest BCUT2D eigenvalue weighted by molar-refractivity contribution is 0.106. The molecule has 0 aliphatic heterocycles. The van der Waals surface area contributed by atoms with Crippen LogP contribution in [0.25, 0.3) is 0 Å². The zero-order chi connectivity index (χ0) is 14.2. The average Bonchev–Trinajstić information content (AvgIpc) is 3.29. The van der Waals surface area contributed by atoms with Crippen LogP contribution in [-0.2, 0) is 6.42 Å². The van der Waals surface area contributed by atoms with Gasteiger partial charge in [-0.15, -0.1) is 0 Å². The number of aliphatic hydroxyl groups excluding tert-OH is 1. The summed E-state index contributed by atoms with van der Waals surface area (Å²) in [5.74, 6) is 1.83. The van der Waals surface area contributed by atoms with Crippen LogP contribution in [0.2, 0.25) is 0 Å². The number of rotatable bonds is 10. The summed E-state index contributed by atoms with van der Waals surface area (Å²) in [4.78, 5) is 0. The Morgan fingerprint density at radius 3 is 2.70 bits per heavy atom. The Labute approximate surface area is 122 Å². The molecular formula is C17H27NO2. The molecular weight excluding hydrogens is 250 g/mol. The van der Waals surface area contributed by atoms with Crippen molar-refractivity contribution in [2.75, 3.05) is 19.7 Å². The molecule has 2 N–H and O–H groups in total. The standard InChI is InChI=1S/C17H27NO2/c1-2-14-7-9-17(10-8-14)20-13-16(19)12-18-11-3-4-15-5-6-15/h7-10,15-16,18-19H,2-6,11-13H2,1H3. The second-order valence-corrected chi connectivity index (χ2v) is 5.75. The number of aryl methyl sites for hydroxylation is 1. The summed E-state index contributed by atoms with van der Waals surface area (Å²) < 4.78 is 5.58. The smallest absolute Gasteiger partial charge is 0.119 e. The lowest BCUT2D eigenvalue weighted by Crippen LogP contribution is -2.32. The molecule has 2 rings (SSSR count). The second kappa shape index (κ2) is 8.28. The van der Waals surface area contributed by atoms with Gasteiger partial charge in [0.15, 0.2) is 0 Å².